The smallest absolute Gasteiger partial charge is 0.0233 e. The predicted molar refractivity (Wildman–Crippen MR) is 86.8 cm³/mol. The molecule has 0 amide bonds. The van der Waals surface area contributed by atoms with Crippen molar-refractivity contribution in [3.8, 4) is 0 Å². The normalized spacial score (nSPS) is 24.9. The summed E-state index contributed by atoms with van der Waals surface area (Å²) in [5.41, 5.74) is 9.26. The fourth-order valence-corrected chi connectivity index (χ4v) is 3.07. The lowest BCUT2D eigenvalue weighted by Crippen LogP contribution is -2.46. The van der Waals surface area contributed by atoms with Crippen molar-refractivity contribution in [2.45, 2.75) is 58.5 Å². The van der Waals surface area contributed by atoms with Gasteiger partial charge in [-0.05, 0) is 35.4 Å². The van der Waals surface area contributed by atoms with E-state index < -0.39 is 0 Å². The molecule has 1 aromatic rings. The molecule has 0 spiro atoms. The standard InChI is InChI=1S/C18H30N2/c1-5-15-13-20(11-10-17(15)19)12-14-6-8-16(9-7-14)18(2,3)4/h6-9,15,17H,5,10-13,19H2,1-4H3. The molecule has 0 bridgehead atoms. The minimum absolute atomic E-state index is 0.240. The van der Waals surface area contributed by atoms with Gasteiger partial charge in [0.15, 0.2) is 0 Å². The maximum Gasteiger partial charge on any atom is 0.0233 e. The van der Waals surface area contributed by atoms with Crippen molar-refractivity contribution in [2.24, 2.45) is 11.7 Å². The summed E-state index contributed by atoms with van der Waals surface area (Å²) in [6.45, 7) is 12.4. The van der Waals surface area contributed by atoms with Crippen LogP contribution in [-0.4, -0.2) is 24.0 Å². The largest absolute Gasteiger partial charge is 0.327 e. The molecule has 1 aromatic carbocycles. The van der Waals surface area contributed by atoms with Gasteiger partial charge in [0, 0.05) is 19.1 Å². The summed E-state index contributed by atoms with van der Waals surface area (Å²) in [5, 5.41) is 0. The third-order valence-electron chi connectivity index (χ3n) is 4.63. The highest BCUT2D eigenvalue weighted by Gasteiger charge is 2.25. The molecule has 1 saturated heterocycles. The van der Waals surface area contributed by atoms with E-state index in [0.717, 1.165) is 26.1 Å². The second-order valence-electron chi connectivity index (χ2n) is 7.30. The van der Waals surface area contributed by atoms with Crippen LogP contribution in [-0.2, 0) is 12.0 Å². The Hall–Kier alpha value is -0.860. The summed E-state index contributed by atoms with van der Waals surface area (Å²) in [4.78, 5) is 2.56. The molecule has 112 valence electrons. The summed E-state index contributed by atoms with van der Waals surface area (Å²) in [7, 11) is 0. The van der Waals surface area contributed by atoms with E-state index in [1.54, 1.807) is 0 Å². The van der Waals surface area contributed by atoms with E-state index >= 15 is 0 Å². The van der Waals surface area contributed by atoms with Gasteiger partial charge in [-0.25, -0.2) is 0 Å². The van der Waals surface area contributed by atoms with Crippen LogP contribution in [0.25, 0.3) is 0 Å². The van der Waals surface area contributed by atoms with Crippen LogP contribution in [0.3, 0.4) is 0 Å². The van der Waals surface area contributed by atoms with E-state index in [9.17, 15) is 0 Å². The number of nitrogens with zero attached hydrogens (tertiary/aromatic N) is 1. The van der Waals surface area contributed by atoms with Gasteiger partial charge in [-0.3, -0.25) is 4.90 Å². The number of likely N-dealkylation sites (tertiary alicyclic amines) is 1. The molecule has 2 N–H and O–H groups in total. The van der Waals surface area contributed by atoms with Crippen molar-refractivity contribution in [1.82, 2.24) is 4.90 Å². The third-order valence-corrected chi connectivity index (χ3v) is 4.63. The van der Waals surface area contributed by atoms with Crippen LogP contribution < -0.4 is 5.73 Å². The molecular formula is C18H30N2. The van der Waals surface area contributed by atoms with Crippen LogP contribution in [0.4, 0.5) is 0 Å². The Morgan fingerprint density at radius 1 is 1.20 bits per heavy atom. The van der Waals surface area contributed by atoms with Gasteiger partial charge in [0.05, 0.1) is 0 Å². The first-order valence-electron chi connectivity index (χ1n) is 7.97. The van der Waals surface area contributed by atoms with Gasteiger partial charge < -0.3 is 5.73 Å². The Morgan fingerprint density at radius 2 is 1.85 bits per heavy atom. The van der Waals surface area contributed by atoms with Gasteiger partial charge >= 0.3 is 0 Å². The highest BCUT2D eigenvalue weighted by Crippen LogP contribution is 2.24. The molecule has 0 radical (unpaired) electrons. The lowest BCUT2D eigenvalue weighted by Gasteiger charge is -2.36. The highest BCUT2D eigenvalue weighted by atomic mass is 15.1. The zero-order valence-corrected chi connectivity index (χ0v) is 13.5. The zero-order valence-electron chi connectivity index (χ0n) is 13.5. The van der Waals surface area contributed by atoms with Gasteiger partial charge in [0.2, 0.25) is 0 Å². The van der Waals surface area contributed by atoms with E-state index in [1.807, 2.05) is 0 Å². The second kappa shape index (κ2) is 6.28. The molecule has 2 heteroatoms. The monoisotopic (exact) mass is 274 g/mol. The molecule has 0 aliphatic carbocycles. The molecule has 1 fully saturated rings. The van der Waals surface area contributed by atoms with E-state index in [1.165, 1.54) is 17.5 Å². The van der Waals surface area contributed by atoms with Crippen molar-refractivity contribution in [3.63, 3.8) is 0 Å². The lowest BCUT2D eigenvalue weighted by atomic mass is 9.86. The molecule has 2 nitrogen and oxygen atoms in total. The molecule has 1 aliphatic rings. The first kappa shape index (κ1) is 15.5. The van der Waals surface area contributed by atoms with Crippen LogP contribution in [0.2, 0.25) is 0 Å². The number of benzene rings is 1. The minimum atomic E-state index is 0.240. The minimum Gasteiger partial charge on any atom is -0.327 e. The van der Waals surface area contributed by atoms with Crippen LogP contribution >= 0.6 is 0 Å². The van der Waals surface area contributed by atoms with Gasteiger partial charge in [-0.2, -0.15) is 0 Å². The molecule has 1 heterocycles. The van der Waals surface area contributed by atoms with Gasteiger partial charge in [0.1, 0.15) is 0 Å². The number of rotatable bonds is 3. The Morgan fingerprint density at radius 3 is 2.40 bits per heavy atom. The summed E-state index contributed by atoms with van der Waals surface area (Å²) in [5.74, 6) is 0.664. The first-order valence-corrected chi connectivity index (χ1v) is 7.97. The average molecular weight is 274 g/mol. The van der Waals surface area contributed by atoms with E-state index in [4.69, 9.17) is 5.73 Å². The average Bonchev–Trinajstić information content (AvgIpc) is 2.40. The second-order valence-corrected chi connectivity index (χ2v) is 7.30. The van der Waals surface area contributed by atoms with Crippen LogP contribution in [0.15, 0.2) is 24.3 Å². The fourth-order valence-electron chi connectivity index (χ4n) is 3.07. The molecule has 0 saturated carbocycles. The third kappa shape index (κ3) is 3.83. The van der Waals surface area contributed by atoms with Crippen molar-refractivity contribution in [1.29, 1.82) is 0 Å². The van der Waals surface area contributed by atoms with Gasteiger partial charge in [0.25, 0.3) is 0 Å². The predicted octanol–water partition coefficient (Wildman–Crippen LogP) is 3.54. The molecule has 0 aromatic heterocycles. The maximum absolute atomic E-state index is 6.19. The Labute approximate surface area is 124 Å². The summed E-state index contributed by atoms with van der Waals surface area (Å²) >= 11 is 0. The zero-order chi connectivity index (χ0) is 14.8. The number of hydrogen-bond acceptors (Lipinski definition) is 2. The molecule has 2 atom stereocenters. The number of piperidine rings is 1. The molecular weight excluding hydrogens is 244 g/mol. The molecule has 2 unspecified atom stereocenters. The SMILES string of the molecule is CCC1CN(Cc2ccc(C(C)(C)C)cc2)CCC1N. The molecule has 20 heavy (non-hydrogen) atoms. The van der Waals surface area contributed by atoms with Crippen molar-refractivity contribution < 1.29 is 0 Å². The van der Waals surface area contributed by atoms with Crippen LogP contribution in [0.1, 0.15) is 51.7 Å². The van der Waals surface area contributed by atoms with Gasteiger partial charge in [-0.1, -0.05) is 58.4 Å². The Kier molecular flexibility index (Phi) is 4.87. The quantitative estimate of drug-likeness (QED) is 0.913. The van der Waals surface area contributed by atoms with E-state index in [2.05, 4.69) is 56.9 Å². The summed E-state index contributed by atoms with van der Waals surface area (Å²) in [6, 6.07) is 9.54. The van der Waals surface area contributed by atoms with E-state index in [0.29, 0.717) is 12.0 Å². The molecule has 1 aliphatic heterocycles. The number of hydrogen-bond donors (Lipinski definition) is 1. The summed E-state index contributed by atoms with van der Waals surface area (Å²) < 4.78 is 0. The molecule has 2 rings (SSSR count). The highest BCUT2D eigenvalue weighted by molar-refractivity contribution is 5.27. The maximum atomic E-state index is 6.19. The lowest BCUT2D eigenvalue weighted by molar-refractivity contribution is 0.145. The summed E-state index contributed by atoms with van der Waals surface area (Å²) in [6.07, 6.45) is 2.33. The van der Waals surface area contributed by atoms with Crippen molar-refractivity contribution in [2.75, 3.05) is 13.1 Å². The van der Waals surface area contributed by atoms with Crippen LogP contribution in [0, 0.1) is 5.92 Å². The van der Waals surface area contributed by atoms with Crippen LogP contribution in [0.5, 0.6) is 0 Å². The Balaban J connectivity index is 1.97. The van der Waals surface area contributed by atoms with Crippen molar-refractivity contribution >= 4 is 0 Å². The van der Waals surface area contributed by atoms with Gasteiger partial charge in [-0.15, -0.1) is 0 Å². The fraction of sp³-hybridized carbons (Fsp3) is 0.667. The number of nitrogens with two attached hydrogens (primary N) is 1. The van der Waals surface area contributed by atoms with Crippen molar-refractivity contribution in [3.05, 3.63) is 35.4 Å². The Bertz CT molecular complexity index is 416. The van der Waals surface area contributed by atoms with E-state index in [-0.39, 0.29) is 5.41 Å². The first-order chi connectivity index (χ1) is 9.40. The topological polar surface area (TPSA) is 29.3 Å².